The van der Waals surface area contributed by atoms with Crippen LogP contribution in [0.25, 0.3) is 6.08 Å². The molecule has 0 radical (unpaired) electrons. The molecule has 1 aliphatic carbocycles. The average molecular weight is 279 g/mol. The Morgan fingerprint density at radius 3 is 2.52 bits per heavy atom. The van der Waals surface area contributed by atoms with Crippen molar-refractivity contribution in [1.29, 1.82) is 0 Å². The van der Waals surface area contributed by atoms with Gasteiger partial charge in [-0.05, 0) is 36.0 Å². The summed E-state index contributed by atoms with van der Waals surface area (Å²) in [4.78, 5) is 35.1. The molecule has 0 unspecified atom stereocenters. The Morgan fingerprint density at radius 1 is 1.00 bits per heavy atom. The van der Waals surface area contributed by atoms with Crippen LogP contribution in [-0.2, 0) is 0 Å². The monoisotopic (exact) mass is 279 g/mol. The molecular formula is C16H13N3O2. The van der Waals surface area contributed by atoms with Gasteiger partial charge in [-0.15, -0.1) is 0 Å². The molecule has 0 bridgehead atoms. The molecular weight excluding hydrogens is 266 g/mol. The van der Waals surface area contributed by atoms with Gasteiger partial charge in [-0.25, -0.2) is 0 Å². The van der Waals surface area contributed by atoms with Gasteiger partial charge in [-0.1, -0.05) is 0 Å². The number of carbonyl (C=O) groups is 2. The average Bonchev–Trinajstić information content (AvgIpc) is 2.50. The van der Waals surface area contributed by atoms with Gasteiger partial charge in [0.2, 0.25) is 11.6 Å². The third kappa shape index (κ3) is 2.12. The van der Waals surface area contributed by atoms with Crippen LogP contribution in [0.15, 0.2) is 36.8 Å². The van der Waals surface area contributed by atoms with Crippen LogP contribution < -0.4 is 0 Å². The fraction of sp³-hybridized carbons (Fsp3) is 0.125. The second-order valence-corrected chi connectivity index (χ2v) is 4.96. The summed E-state index contributed by atoms with van der Waals surface area (Å²) in [6, 6.07) is 4.97. The summed E-state index contributed by atoms with van der Waals surface area (Å²) >= 11 is 0. The zero-order chi connectivity index (χ0) is 15.0. The van der Waals surface area contributed by atoms with Crippen molar-refractivity contribution in [2.75, 3.05) is 14.1 Å². The normalized spacial score (nSPS) is 13.2. The molecule has 2 aromatic rings. The van der Waals surface area contributed by atoms with Gasteiger partial charge < -0.3 is 4.90 Å². The minimum atomic E-state index is -0.258. The summed E-state index contributed by atoms with van der Waals surface area (Å²) in [6.07, 6.45) is 6.67. The highest BCUT2D eigenvalue weighted by atomic mass is 16.1. The van der Waals surface area contributed by atoms with E-state index >= 15 is 0 Å². The predicted molar refractivity (Wildman–Crippen MR) is 78.1 cm³/mol. The van der Waals surface area contributed by atoms with Crippen molar-refractivity contribution in [3.05, 3.63) is 64.9 Å². The van der Waals surface area contributed by atoms with Gasteiger partial charge in [0, 0.05) is 26.5 Å². The zero-order valence-corrected chi connectivity index (χ0v) is 11.7. The Bertz CT molecular complexity index is 779. The fourth-order valence-corrected chi connectivity index (χ4v) is 2.27. The van der Waals surface area contributed by atoms with E-state index in [-0.39, 0.29) is 23.0 Å². The molecule has 0 saturated carbocycles. The third-order valence-corrected chi connectivity index (χ3v) is 3.24. The van der Waals surface area contributed by atoms with Crippen LogP contribution in [0.5, 0.6) is 0 Å². The summed E-state index contributed by atoms with van der Waals surface area (Å²) in [7, 11) is 3.77. The Kier molecular flexibility index (Phi) is 3.10. The van der Waals surface area contributed by atoms with Crippen LogP contribution in [0, 0.1) is 0 Å². The Labute approximate surface area is 122 Å². The first-order valence-electron chi connectivity index (χ1n) is 6.47. The van der Waals surface area contributed by atoms with E-state index in [0.29, 0.717) is 16.7 Å². The summed E-state index contributed by atoms with van der Waals surface area (Å²) in [5, 5.41) is 0. The molecule has 104 valence electrons. The van der Waals surface area contributed by atoms with Gasteiger partial charge in [-0.3, -0.25) is 19.6 Å². The molecule has 0 aromatic carbocycles. The van der Waals surface area contributed by atoms with Crippen LogP contribution in [0.1, 0.15) is 37.7 Å². The first kappa shape index (κ1) is 13.2. The molecule has 21 heavy (non-hydrogen) atoms. The van der Waals surface area contributed by atoms with Crippen molar-refractivity contribution < 1.29 is 9.59 Å². The van der Waals surface area contributed by atoms with Crippen LogP contribution >= 0.6 is 0 Å². The van der Waals surface area contributed by atoms with E-state index in [1.165, 1.54) is 6.20 Å². The van der Waals surface area contributed by atoms with E-state index in [4.69, 9.17) is 0 Å². The molecule has 0 saturated heterocycles. The maximum absolute atomic E-state index is 12.6. The van der Waals surface area contributed by atoms with Crippen molar-refractivity contribution in [2.45, 2.75) is 0 Å². The summed E-state index contributed by atoms with van der Waals surface area (Å²) in [5.74, 6) is -0.514. The Morgan fingerprint density at radius 2 is 1.76 bits per heavy atom. The summed E-state index contributed by atoms with van der Waals surface area (Å²) in [6.45, 7) is 0. The molecule has 0 spiro atoms. The van der Waals surface area contributed by atoms with Crippen LogP contribution in [0.4, 0.5) is 0 Å². The second-order valence-electron chi connectivity index (χ2n) is 4.96. The highest BCUT2D eigenvalue weighted by molar-refractivity contribution is 6.27. The van der Waals surface area contributed by atoms with Crippen LogP contribution in [-0.4, -0.2) is 40.5 Å². The first-order chi connectivity index (χ1) is 10.1. The highest BCUT2D eigenvalue weighted by Gasteiger charge is 2.33. The van der Waals surface area contributed by atoms with E-state index in [0.717, 1.165) is 0 Å². The standard InChI is InChI=1S/C16H13N3O2/c1-19(2)9-6-10-5-8-18-14-12(10)16(21)13-11(15(14)20)4-3-7-17-13/h3-9H,1-2H3/b9-6+. The minimum Gasteiger partial charge on any atom is -0.383 e. The van der Waals surface area contributed by atoms with Crippen LogP contribution in [0.2, 0.25) is 0 Å². The maximum atomic E-state index is 12.6. The van der Waals surface area contributed by atoms with Crippen molar-refractivity contribution in [3.8, 4) is 0 Å². The Balaban J connectivity index is 2.21. The van der Waals surface area contributed by atoms with Gasteiger partial charge in [0.15, 0.2) is 0 Å². The predicted octanol–water partition coefficient (Wildman–Crippen LogP) is 1.78. The molecule has 0 amide bonds. The van der Waals surface area contributed by atoms with E-state index in [1.54, 1.807) is 30.5 Å². The van der Waals surface area contributed by atoms with Gasteiger partial charge in [0.25, 0.3) is 0 Å². The molecule has 2 heterocycles. The molecule has 1 aliphatic rings. The molecule has 2 aromatic heterocycles. The lowest BCUT2D eigenvalue weighted by molar-refractivity contribution is 0.0971. The number of hydrogen-bond donors (Lipinski definition) is 0. The number of fused-ring (bicyclic) bond motifs is 2. The number of nitrogens with zero attached hydrogens (tertiary/aromatic N) is 3. The smallest absolute Gasteiger partial charge is 0.215 e. The Hall–Kier alpha value is -2.82. The largest absolute Gasteiger partial charge is 0.383 e. The molecule has 0 atom stereocenters. The minimum absolute atomic E-state index is 0.196. The first-order valence-corrected chi connectivity index (χ1v) is 6.47. The van der Waals surface area contributed by atoms with Crippen molar-refractivity contribution >= 4 is 17.6 Å². The number of hydrogen-bond acceptors (Lipinski definition) is 5. The number of aromatic nitrogens is 2. The molecule has 5 nitrogen and oxygen atoms in total. The zero-order valence-electron chi connectivity index (χ0n) is 11.7. The molecule has 0 aliphatic heterocycles. The van der Waals surface area contributed by atoms with Crippen LogP contribution in [0.3, 0.4) is 0 Å². The van der Waals surface area contributed by atoms with E-state index in [1.807, 2.05) is 25.2 Å². The SMILES string of the molecule is CN(C)/C=C/c1ccnc2c1C(=O)c1ncccc1C2=O. The molecule has 3 rings (SSSR count). The van der Waals surface area contributed by atoms with E-state index in [9.17, 15) is 9.59 Å². The fourth-order valence-electron chi connectivity index (χ4n) is 2.27. The molecule has 0 N–H and O–H groups in total. The van der Waals surface area contributed by atoms with Crippen molar-refractivity contribution in [3.63, 3.8) is 0 Å². The van der Waals surface area contributed by atoms with Gasteiger partial charge in [0.1, 0.15) is 11.4 Å². The lowest BCUT2D eigenvalue weighted by Gasteiger charge is -2.17. The second kappa shape index (κ2) is 4.94. The lowest BCUT2D eigenvalue weighted by Crippen LogP contribution is -2.24. The topological polar surface area (TPSA) is 63.2 Å². The summed E-state index contributed by atoms with van der Waals surface area (Å²) in [5.41, 5.74) is 1.70. The maximum Gasteiger partial charge on any atom is 0.215 e. The van der Waals surface area contributed by atoms with Crippen molar-refractivity contribution in [2.24, 2.45) is 0 Å². The quantitative estimate of drug-likeness (QED) is 0.715. The third-order valence-electron chi connectivity index (χ3n) is 3.24. The number of rotatable bonds is 2. The number of pyridine rings is 2. The van der Waals surface area contributed by atoms with Gasteiger partial charge in [0.05, 0.1) is 11.1 Å². The summed E-state index contributed by atoms with van der Waals surface area (Å²) < 4.78 is 0. The molecule has 0 fully saturated rings. The number of carbonyl (C=O) groups excluding carboxylic acids is 2. The van der Waals surface area contributed by atoms with E-state index in [2.05, 4.69) is 9.97 Å². The number of ketones is 2. The van der Waals surface area contributed by atoms with Crippen molar-refractivity contribution in [1.82, 2.24) is 14.9 Å². The highest BCUT2D eigenvalue weighted by Crippen LogP contribution is 2.27. The van der Waals surface area contributed by atoms with Gasteiger partial charge in [-0.2, -0.15) is 0 Å². The van der Waals surface area contributed by atoms with E-state index < -0.39 is 0 Å². The van der Waals surface area contributed by atoms with Gasteiger partial charge >= 0.3 is 0 Å². The molecule has 5 heteroatoms. The lowest BCUT2D eigenvalue weighted by atomic mass is 9.88.